The maximum Gasteiger partial charge on any atom is 0.237 e. The van der Waals surface area contributed by atoms with Gasteiger partial charge in [0.25, 0.3) is 0 Å². The van der Waals surface area contributed by atoms with E-state index in [-0.39, 0.29) is 11.2 Å². The molecule has 0 spiro atoms. The average molecular weight is 401 g/mol. The molecule has 3 aromatic rings. The van der Waals surface area contributed by atoms with Crippen molar-refractivity contribution in [2.75, 3.05) is 17.7 Å². The highest BCUT2D eigenvalue weighted by molar-refractivity contribution is 8.02. The molecular weight excluding hydrogens is 380 g/mol. The van der Waals surface area contributed by atoms with E-state index in [0.717, 1.165) is 15.6 Å². The average Bonchev–Trinajstić information content (AvgIpc) is 3.09. The quantitative estimate of drug-likeness (QED) is 0.559. The zero-order valence-electron chi connectivity index (χ0n) is 15.2. The highest BCUT2D eigenvalue weighted by atomic mass is 32.2. The van der Waals surface area contributed by atoms with Gasteiger partial charge in [-0.15, -0.1) is 10.2 Å². The fourth-order valence-corrected chi connectivity index (χ4v) is 4.23. The first kappa shape index (κ1) is 19.2. The molecule has 1 heterocycles. The smallest absolute Gasteiger partial charge is 0.237 e. The number of para-hydroxylation sites is 1. The molecule has 0 saturated carbocycles. The van der Waals surface area contributed by atoms with Gasteiger partial charge < -0.3 is 15.4 Å². The number of rotatable bonds is 7. The van der Waals surface area contributed by atoms with Crippen molar-refractivity contribution >= 4 is 45.5 Å². The largest absolute Gasteiger partial charge is 0.495 e. The van der Waals surface area contributed by atoms with E-state index in [2.05, 4.69) is 20.8 Å². The van der Waals surface area contributed by atoms with Gasteiger partial charge in [-0.05, 0) is 43.7 Å². The first-order chi connectivity index (χ1) is 13.0. The van der Waals surface area contributed by atoms with Crippen molar-refractivity contribution < 1.29 is 9.53 Å². The van der Waals surface area contributed by atoms with Crippen LogP contribution in [0.2, 0.25) is 0 Å². The van der Waals surface area contributed by atoms with Gasteiger partial charge in [0, 0.05) is 5.69 Å². The van der Waals surface area contributed by atoms with Gasteiger partial charge in [-0.2, -0.15) is 0 Å². The van der Waals surface area contributed by atoms with E-state index in [1.165, 1.54) is 23.1 Å². The third-order valence-corrected chi connectivity index (χ3v) is 5.71. The number of hydrogen-bond donors (Lipinski definition) is 2. The van der Waals surface area contributed by atoms with Crippen molar-refractivity contribution in [1.82, 2.24) is 10.2 Å². The standard InChI is InChI=1S/C19H20N4O2S2/c1-12-9-10-16(25-3)15(11-12)21-17(24)13(2)26-19-23-22-18(27-19)20-14-7-5-4-6-8-14/h4-11,13H,1-3H3,(H,20,22)(H,21,24)/t13-/m1/s1. The minimum Gasteiger partial charge on any atom is -0.495 e. The number of ether oxygens (including phenoxy) is 1. The van der Waals surface area contributed by atoms with Gasteiger partial charge in [0.2, 0.25) is 11.0 Å². The number of carbonyl (C=O) groups is 1. The fourth-order valence-electron chi connectivity index (χ4n) is 2.31. The summed E-state index contributed by atoms with van der Waals surface area (Å²) in [6, 6.07) is 15.4. The summed E-state index contributed by atoms with van der Waals surface area (Å²) in [5.74, 6) is 0.521. The molecule has 0 saturated heterocycles. The molecule has 0 aliphatic rings. The number of aromatic nitrogens is 2. The topological polar surface area (TPSA) is 76.1 Å². The van der Waals surface area contributed by atoms with Crippen LogP contribution in [-0.2, 0) is 4.79 Å². The van der Waals surface area contributed by atoms with Gasteiger partial charge in [0.1, 0.15) is 5.75 Å². The first-order valence-corrected chi connectivity index (χ1v) is 10.0. The molecule has 0 aliphatic heterocycles. The number of thioether (sulfide) groups is 1. The lowest BCUT2D eigenvalue weighted by atomic mass is 10.2. The molecule has 0 fully saturated rings. The van der Waals surface area contributed by atoms with Crippen LogP contribution in [0.4, 0.5) is 16.5 Å². The summed E-state index contributed by atoms with van der Waals surface area (Å²) in [6.07, 6.45) is 0. The van der Waals surface area contributed by atoms with E-state index in [1.807, 2.05) is 62.4 Å². The number of amides is 1. The summed E-state index contributed by atoms with van der Waals surface area (Å²) >= 11 is 2.79. The number of benzene rings is 2. The number of nitrogens with zero attached hydrogens (tertiary/aromatic N) is 2. The fraction of sp³-hybridized carbons (Fsp3) is 0.211. The minimum absolute atomic E-state index is 0.114. The molecule has 3 rings (SSSR count). The normalized spacial score (nSPS) is 11.7. The molecule has 27 heavy (non-hydrogen) atoms. The highest BCUT2D eigenvalue weighted by Crippen LogP contribution is 2.32. The Kier molecular flexibility index (Phi) is 6.31. The third kappa shape index (κ3) is 5.21. The summed E-state index contributed by atoms with van der Waals surface area (Å²) in [4.78, 5) is 12.5. The second-order valence-corrected chi connectivity index (χ2v) is 8.38. The lowest BCUT2D eigenvalue weighted by Gasteiger charge is -2.13. The maximum absolute atomic E-state index is 12.5. The van der Waals surface area contributed by atoms with Gasteiger partial charge in [-0.25, -0.2) is 0 Å². The van der Waals surface area contributed by atoms with Crippen LogP contribution < -0.4 is 15.4 Å². The number of hydrogen-bond acceptors (Lipinski definition) is 7. The summed E-state index contributed by atoms with van der Waals surface area (Å²) in [7, 11) is 1.58. The predicted molar refractivity (Wildman–Crippen MR) is 111 cm³/mol. The molecule has 2 aromatic carbocycles. The lowest BCUT2D eigenvalue weighted by molar-refractivity contribution is -0.115. The van der Waals surface area contributed by atoms with Crippen LogP contribution in [-0.4, -0.2) is 28.5 Å². The Balaban J connectivity index is 1.61. The van der Waals surface area contributed by atoms with E-state index in [0.29, 0.717) is 16.6 Å². The molecule has 0 bridgehead atoms. The molecule has 8 heteroatoms. The summed E-state index contributed by atoms with van der Waals surface area (Å²) in [5.41, 5.74) is 2.66. The van der Waals surface area contributed by atoms with Crippen LogP contribution >= 0.6 is 23.1 Å². The van der Waals surface area contributed by atoms with Crippen molar-refractivity contribution in [3.8, 4) is 5.75 Å². The zero-order chi connectivity index (χ0) is 19.2. The third-order valence-electron chi connectivity index (χ3n) is 3.69. The van der Waals surface area contributed by atoms with Crippen molar-refractivity contribution in [3.05, 3.63) is 54.1 Å². The number of methoxy groups -OCH3 is 1. The number of nitrogens with one attached hydrogen (secondary N) is 2. The van der Waals surface area contributed by atoms with Gasteiger partial charge in [0.15, 0.2) is 4.34 Å². The molecule has 1 atom stereocenters. The molecular formula is C19H20N4O2S2. The Morgan fingerprint density at radius 2 is 1.96 bits per heavy atom. The number of carbonyl (C=O) groups excluding carboxylic acids is 1. The molecule has 0 radical (unpaired) electrons. The van der Waals surface area contributed by atoms with Gasteiger partial charge in [-0.3, -0.25) is 4.79 Å². The minimum atomic E-state index is -0.326. The Morgan fingerprint density at radius 3 is 2.70 bits per heavy atom. The Hall–Kier alpha value is -2.58. The van der Waals surface area contributed by atoms with E-state index >= 15 is 0 Å². The zero-order valence-corrected chi connectivity index (χ0v) is 16.9. The molecule has 2 N–H and O–H groups in total. The molecule has 1 aromatic heterocycles. The van der Waals surface area contributed by atoms with Crippen LogP contribution in [0, 0.1) is 6.92 Å². The monoisotopic (exact) mass is 400 g/mol. The Labute approximate surface area is 166 Å². The van der Waals surface area contributed by atoms with E-state index in [1.54, 1.807) is 7.11 Å². The second kappa shape index (κ2) is 8.88. The van der Waals surface area contributed by atoms with Gasteiger partial charge in [0.05, 0.1) is 18.0 Å². The molecule has 140 valence electrons. The lowest BCUT2D eigenvalue weighted by Crippen LogP contribution is -2.22. The van der Waals surface area contributed by atoms with Gasteiger partial charge in [-0.1, -0.05) is 47.4 Å². The van der Waals surface area contributed by atoms with E-state index < -0.39 is 0 Å². The Bertz CT molecular complexity index is 915. The second-order valence-electron chi connectivity index (χ2n) is 5.82. The molecule has 0 unspecified atom stereocenters. The predicted octanol–water partition coefficient (Wildman–Crippen LogP) is 4.72. The SMILES string of the molecule is COc1ccc(C)cc1NC(=O)[C@@H](C)Sc1nnc(Nc2ccccc2)s1. The number of aryl methyl sites for hydroxylation is 1. The Morgan fingerprint density at radius 1 is 1.19 bits per heavy atom. The highest BCUT2D eigenvalue weighted by Gasteiger charge is 2.19. The van der Waals surface area contributed by atoms with Crippen molar-refractivity contribution in [3.63, 3.8) is 0 Å². The molecule has 0 aliphatic carbocycles. The van der Waals surface area contributed by atoms with Crippen molar-refractivity contribution in [2.45, 2.75) is 23.4 Å². The van der Waals surface area contributed by atoms with Gasteiger partial charge >= 0.3 is 0 Å². The van der Waals surface area contributed by atoms with Crippen molar-refractivity contribution in [2.24, 2.45) is 0 Å². The van der Waals surface area contributed by atoms with Crippen molar-refractivity contribution in [1.29, 1.82) is 0 Å². The van der Waals surface area contributed by atoms with Crippen LogP contribution in [0.3, 0.4) is 0 Å². The van der Waals surface area contributed by atoms with E-state index in [4.69, 9.17) is 4.74 Å². The van der Waals surface area contributed by atoms with E-state index in [9.17, 15) is 4.79 Å². The van der Waals surface area contributed by atoms with Crippen LogP contribution in [0.25, 0.3) is 0 Å². The number of anilines is 3. The molecule has 6 nitrogen and oxygen atoms in total. The summed E-state index contributed by atoms with van der Waals surface area (Å²) in [5, 5.41) is 14.8. The van der Waals surface area contributed by atoms with Crippen LogP contribution in [0.1, 0.15) is 12.5 Å². The maximum atomic E-state index is 12.5. The summed E-state index contributed by atoms with van der Waals surface area (Å²) in [6.45, 7) is 3.81. The molecule has 1 amide bonds. The van der Waals surface area contributed by atoms with Crippen LogP contribution in [0.5, 0.6) is 5.75 Å². The van der Waals surface area contributed by atoms with Crippen LogP contribution in [0.15, 0.2) is 52.9 Å². The first-order valence-electron chi connectivity index (χ1n) is 8.33. The summed E-state index contributed by atoms with van der Waals surface area (Å²) < 4.78 is 6.04.